The number of rotatable bonds is 4. The fraction of sp³-hybridized carbons (Fsp3) is 0.412. The normalized spacial score (nSPS) is 18.8. The van der Waals surface area contributed by atoms with E-state index in [1.807, 2.05) is 30.3 Å². The molecule has 3 rings (SSSR count). The van der Waals surface area contributed by atoms with Gasteiger partial charge in [0.05, 0.1) is 10.2 Å². The highest BCUT2D eigenvalue weighted by Gasteiger charge is 2.33. The molecule has 23 heavy (non-hydrogen) atoms. The third-order valence-corrected chi connectivity index (χ3v) is 5.41. The van der Waals surface area contributed by atoms with Crippen molar-refractivity contribution in [2.45, 2.75) is 25.0 Å². The molecule has 0 saturated carbocycles. The molecule has 122 valence electrons. The molecule has 1 aliphatic rings. The van der Waals surface area contributed by atoms with Crippen molar-refractivity contribution >= 4 is 27.5 Å². The molecule has 0 radical (unpaired) electrons. The lowest BCUT2D eigenvalue weighted by Gasteiger charge is -2.32. The first kappa shape index (κ1) is 16.1. The van der Waals surface area contributed by atoms with E-state index in [9.17, 15) is 15.0 Å². The molecule has 2 N–H and O–H groups in total. The fourth-order valence-electron chi connectivity index (χ4n) is 2.83. The second-order valence-electron chi connectivity index (χ2n) is 5.81. The molecular weight excluding hydrogens is 312 g/mol. The maximum atomic E-state index is 12.4. The van der Waals surface area contributed by atoms with Gasteiger partial charge in [-0.2, -0.15) is 0 Å². The van der Waals surface area contributed by atoms with Crippen LogP contribution in [0, 0.1) is 5.92 Å². The Labute approximate surface area is 138 Å². The highest BCUT2D eigenvalue weighted by atomic mass is 32.1. The number of aromatic nitrogens is 1. The van der Waals surface area contributed by atoms with Crippen molar-refractivity contribution in [1.82, 2.24) is 9.88 Å². The van der Waals surface area contributed by atoms with Crippen LogP contribution in [-0.4, -0.2) is 45.2 Å². The first-order valence-electron chi connectivity index (χ1n) is 7.73. The van der Waals surface area contributed by atoms with Crippen molar-refractivity contribution in [3.05, 3.63) is 41.9 Å². The maximum absolute atomic E-state index is 12.4. The number of allylic oxidation sites excluding steroid dienone is 1. The average molecular weight is 332 g/mol. The van der Waals surface area contributed by atoms with Gasteiger partial charge in [-0.05, 0) is 30.9 Å². The van der Waals surface area contributed by atoms with Gasteiger partial charge < -0.3 is 15.1 Å². The van der Waals surface area contributed by atoms with Gasteiger partial charge in [0, 0.05) is 13.1 Å². The van der Waals surface area contributed by atoms with Crippen molar-refractivity contribution in [1.29, 1.82) is 0 Å². The Morgan fingerprint density at radius 1 is 1.35 bits per heavy atom. The minimum Gasteiger partial charge on any atom is -0.383 e. The number of aliphatic hydroxyl groups excluding tert-OH is 2. The largest absolute Gasteiger partial charge is 0.383 e. The van der Waals surface area contributed by atoms with Crippen molar-refractivity contribution < 1.29 is 15.0 Å². The number of likely N-dealkylation sites (tertiary alicyclic amines) is 1. The molecule has 2 heterocycles. The van der Waals surface area contributed by atoms with Crippen LogP contribution >= 0.6 is 11.3 Å². The number of amides is 1. The summed E-state index contributed by atoms with van der Waals surface area (Å²) in [5.74, 6) is -0.00959. The summed E-state index contributed by atoms with van der Waals surface area (Å²) >= 11 is 1.30. The quantitative estimate of drug-likeness (QED) is 0.841. The van der Waals surface area contributed by atoms with Crippen LogP contribution in [0.25, 0.3) is 10.2 Å². The van der Waals surface area contributed by atoms with Crippen LogP contribution in [-0.2, 0) is 4.79 Å². The topological polar surface area (TPSA) is 73.7 Å². The minimum atomic E-state index is -1.48. The minimum absolute atomic E-state index is 0.369. The number of thiazole rings is 1. The zero-order chi connectivity index (χ0) is 16.4. The Morgan fingerprint density at radius 2 is 2.04 bits per heavy atom. The number of hydrogen-bond acceptors (Lipinski definition) is 5. The van der Waals surface area contributed by atoms with Gasteiger partial charge in [0.1, 0.15) is 11.1 Å². The van der Waals surface area contributed by atoms with Crippen molar-refractivity contribution in [2.75, 3.05) is 13.1 Å². The van der Waals surface area contributed by atoms with Crippen LogP contribution in [0.2, 0.25) is 0 Å². The molecule has 1 saturated heterocycles. The van der Waals surface area contributed by atoms with Gasteiger partial charge in [0.2, 0.25) is 0 Å². The van der Waals surface area contributed by atoms with Gasteiger partial charge in [-0.3, -0.25) is 4.79 Å². The van der Waals surface area contributed by atoms with E-state index in [1.165, 1.54) is 11.3 Å². The third kappa shape index (κ3) is 3.29. The fourth-order valence-corrected chi connectivity index (χ4v) is 3.81. The molecular formula is C17H20N2O3S. The predicted molar refractivity (Wildman–Crippen MR) is 90.1 cm³/mol. The number of fused-ring (bicyclic) bond motifs is 1. The van der Waals surface area contributed by atoms with E-state index < -0.39 is 18.1 Å². The highest BCUT2D eigenvalue weighted by molar-refractivity contribution is 7.18. The molecule has 1 fully saturated rings. The zero-order valence-corrected chi connectivity index (χ0v) is 13.6. The molecule has 0 unspecified atom stereocenters. The number of nitrogens with zero attached hydrogens (tertiary/aromatic N) is 2. The Kier molecular flexibility index (Phi) is 4.75. The second kappa shape index (κ2) is 6.78. The molecule has 6 heteroatoms. The summed E-state index contributed by atoms with van der Waals surface area (Å²) in [4.78, 5) is 18.3. The van der Waals surface area contributed by atoms with E-state index >= 15 is 0 Å². The van der Waals surface area contributed by atoms with Crippen LogP contribution < -0.4 is 0 Å². The van der Waals surface area contributed by atoms with E-state index in [4.69, 9.17) is 0 Å². The van der Waals surface area contributed by atoms with E-state index in [2.05, 4.69) is 11.6 Å². The molecule has 2 atom stereocenters. The molecule has 1 aromatic carbocycles. The zero-order valence-electron chi connectivity index (χ0n) is 12.8. The predicted octanol–water partition coefficient (Wildman–Crippen LogP) is 2.12. The summed E-state index contributed by atoms with van der Waals surface area (Å²) in [7, 11) is 0. The maximum Gasteiger partial charge on any atom is 0.254 e. The number of carbonyl (C=O) groups is 1. The Balaban J connectivity index is 1.70. The van der Waals surface area contributed by atoms with Gasteiger partial charge in [-0.15, -0.1) is 17.9 Å². The standard InChI is InChI=1S/C17H20N2O3S/c1-2-11-7-9-19(10-8-11)17(22)15(21)14(20)16-18-12-5-3-4-6-13(12)23-16/h2-6,11,14-15,20-21H,1,7-10H2/t14-,15-/m0/s1. The summed E-state index contributed by atoms with van der Waals surface area (Å²) in [6, 6.07) is 7.50. The first-order chi connectivity index (χ1) is 11.1. The van der Waals surface area contributed by atoms with E-state index in [0.717, 1.165) is 23.1 Å². The number of carbonyl (C=O) groups excluding carboxylic acids is 1. The van der Waals surface area contributed by atoms with Gasteiger partial charge in [-0.1, -0.05) is 18.2 Å². The van der Waals surface area contributed by atoms with Gasteiger partial charge in [-0.25, -0.2) is 4.98 Å². The second-order valence-corrected chi connectivity index (χ2v) is 6.87. The highest BCUT2D eigenvalue weighted by Crippen LogP contribution is 2.29. The van der Waals surface area contributed by atoms with Gasteiger partial charge in [0.15, 0.2) is 6.10 Å². The SMILES string of the molecule is C=CC1CCN(C(=O)[C@@H](O)[C@H](O)c2nc3ccccc3s2)CC1. The van der Waals surface area contributed by atoms with Crippen molar-refractivity contribution in [2.24, 2.45) is 5.92 Å². The third-order valence-electron chi connectivity index (χ3n) is 4.30. The Morgan fingerprint density at radius 3 is 2.70 bits per heavy atom. The lowest BCUT2D eigenvalue weighted by atomic mass is 9.96. The van der Waals surface area contributed by atoms with E-state index in [0.29, 0.717) is 24.0 Å². The number of hydrogen-bond donors (Lipinski definition) is 2. The molecule has 2 aromatic rings. The van der Waals surface area contributed by atoms with Crippen molar-refractivity contribution in [3.63, 3.8) is 0 Å². The monoisotopic (exact) mass is 332 g/mol. The summed E-state index contributed by atoms with van der Waals surface area (Å²) in [5, 5.41) is 20.9. The Hall–Kier alpha value is -1.76. The summed E-state index contributed by atoms with van der Waals surface area (Å²) in [6.07, 6.45) is 0.833. The summed E-state index contributed by atoms with van der Waals surface area (Å²) in [6.45, 7) is 4.94. The van der Waals surface area contributed by atoms with Crippen molar-refractivity contribution in [3.8, 4) is 0 Å². The van der Waals surface area contributed by atoms with E-state index in [-0.39, 0.29) is 0 Å². The number of aliphatic hydroxyl groups is 2. The molecule has 1 amide bonds. The summed E-state index contributed by atoms with van der Waals surface area (Å²) in [5.41, 5.74) is 0.762. The van der Waals surface area contributed by atoms with Crippen LogP contribution in [0.5, 0.6) is 0 Å². The molecule has 1 aliphatic heterocycles. The van der Waals surface area contributed by atoms with Gasteiger partial charge in [0.25, 0.3) is 5.91 Å². The van der Waals surface area contributed by atoms with Crippen LogP contribution in [0.15, 0.2) is 36.9 Å². The Bertz CT molecular complexity index is 674. The van der Waals surface area contributed by atoms with Gasteiger partial charge >= 0.3 is 0 Å². The van der Waals surface area contributed by atoms with Crippen LogP contribution in [0.3, 0.4) is 0 Å². The molecule has 1 aromatic heterocycles. The molecule has 5 nitrogen and oxygen atoms in total. The number of para-hydroxylation sites is 1. The number of piperidine rings is 1. The molecule has 0 aliphatic carbocycles. The van der Waals surface area contributed by atoms with E-state index in [1.54, 1.807) is 4.90 Å². The average Bonchev–Trinajstić information content (AvgIpc) is 3.04. The van der Waals surface area contributed by atoms with Crippen LogP contribution in [0.4, 0.5) is 0 Å². The lowest BCUT2D eigenvalue weighted by Crippen LogP contribution is -2.45. The molecule has 0 spiro atoms. The molecule has 0 bridgehead atoms. The van der Waals surface area contributed by atoms with Crippen LogP contribution in [0.1, 0.15) is 24.0 Å². The lowest BCUT2D eigenvalue weighted by molar-refractivity contribution is -0.147. The number of benzene rings is 1. The first-order valence-corrected chi connectivity index (χ1v) is 8.54. The summed E-state index contributed by atoms with van der Waals surface area (Å²) < 4.78 is 0.924. The smallest absolute Gasteiger partial charge is 0.254 e.